The summed E-state index contributed by atoms with van der Waals surface area (Å²) in [4.78, 5) is 0.684. The number of hydrogen-bond acceptors (Lipinski definition) is 3. The van der Waals surface area contributed by atoms with Crippen molar-refractivity contribution in [3.05, 3.63) is 34.2 Å². The van der Waals surface area contributed by atoms with Crippen LogP contribution in [0.5, 0.6) is 0 Å². The van der Waals surface area contributed by atoms with Crippen molar-refractivity contribution in [3.63, 3.8) is 0 Å². The summed E-state index contributed by atoms with van der Waals surface area (Å²) in [6.07, 6.45) is 1.67. The zero-order valence-corrected chi connectivity index (χ0v) is 9.51. The van der Waals surface area contributed by atoms with E-state index in [0.29, 0.717) is 9.80 Å². The molecule has 1 aromatic rings. The molecule has 1 aliphatic heterocycles. The molecule has 0 saturated carbocycles. The molecule has 0 saturated heterocycles. The van der Waals surface area contributed by atoms with Crippen LogP contribution in [0.25, 0.3) is 6.08 Å². The Kier molecular flexibility index (Phi) is 2.20. The molecule has 1 heterocycles. The minimum absolute atomic E-state index is 0.308. The average Bonchev–Trinajstić information content (AvgIpc) is 2.37. The second-order valence-electron chi connectivity index (χ2n) is 3.88. The van der Waals surface area contributed by atoms with Gasteiger partial charge in [0.05, 0.1) is 9.80 Å². The quantitative estimate of drug-likeness (QED) is 0.784. The molecule has 2 rings (SSSR count). The molecule has 1 aromatic carbocycles. The summed E-state index contributed by atoms with van der Waals surface area (Å²) in [5.74, 6) is 0. The fraction of sp³-hybridized carbons (Fsp3) is 0.273. The number of hydrogen-bond donors (Lipinski definition) is 1. The first kappa shape index (κ1) is 10.4. The van der Waals surface area contributed by atoms with Gasteiger partial charge in [0, 0.05) is 6.04 Å². The second-order valence-corrected chi connectivity index (χ2v) is 5.80. The first-order valence-corrected chi connectivity index (χ1v) is 6.24. The van der Waals surface area contributed by atoms with Crippen molar-refractivity contribution < 1.29 is 8.42 Å². The van der Waals surface area contributed by atoms with Crippen LogP contribution < -0.4 is 5.73 Å². The van der Waals surface area contributed by atoms with E-state index in [2.05, 4.69) is 0 Å². The number of rotatable bonds is 1. The van der Waals surface area contributed by atoms with Crippen LogP contribution in [0.3, 0.4) is 0 Å². The molecule has 2 N–H and O–H groups in total. The average molecular weight is 223 g/mol. The van der Waals surface area contributed by atoms with Crippen LogP contribution in [0.1, 0.15) is 18.1 Å². The van der Waals surface area contributed by atoms with E-state index in [9.17, 15) is 8.42 Å². The van der Waals surface area contributed by atoms with Crippen LogP contribution in [-0.4, -0.2) is 14.5 Å². The molecule has 0 aliphatic carbocycles. The number of aryl methyl sites for hydroxylation is 1. The molecule has 0 radical (unpaired) electrons. The third-order valence-corrected chi connectivity index (χ3v) is 4.57. The minimum Gasteiger partial charge on any atom is -0.324 e. The Balaban J connectivity index is 2.69. The summed E-state index contributed by atoms with van der Waals surface area (Å²) in [6, 6.07) is 4.85. The zero-order valence-electron chi connectivity index (χ0n) is 8.69. The van der Waals surface area contributed by atoms with Crippen LogP contribution in [-0.2, 0) is 9.84 Å². The minimum atomic E-state index is -3.33. The molecule has 0 fully saturated rings. The van der Waals surface area contributed by atoms with E-state index in [1.807, 2.05) is 13.0 Å². The van der Waals surface area contributed by atoms with Gasteiger partial charge in [0.2, 0.25) is 9.84 Å². The van der Waals surface area contributed by atoms with Gasteiger partial charge in [0.1, 0.15) is 0 Å². The van der Waals surface area contributed by atoms with Gasteiger partial charge in [-0.25, -0.2) is 8.42 Å². The summed E-state index contributed by atoms with van der Waals surface area (Å²) in [5, 5.41) is 0. The topological polar surface area (TPSA) is 60.2 Å². The molecule has 4 heteroatoms. The first-order chi connectivity index (χ1) is 6.93. The fourth-order valence-corrected chi connectivity index (χ4v) is 3.46. The summed E-state index contributed by atoms with van der Waals surface area (Å²) >= 11 is 0. The van der Waals surface area contributed by atoms with Gasteiger partial charge < -0.3 is 5.73 Å². The maximum atomic E-state index is 12.0. The molecule has 1 aliphatic rings. The van der Waals surface area contributed by atoms with Crippen molar-refractivity contribution in [2.45, 2.75) is 24.8 Å². The number of benzene rings is 1. The van der Waals surface area contributed by atoms with E-state index < -0.39 is 15.9 Å². The van der Waals surface area contributed by atoms with Gasteiger partial charge in [-0.2, -0.15) is 0 Å². The summed E-state index contributed by atoms with van der Waals surface area (Å²) in [7, 11) is -3.33. The predicted octanol–water partition coefficient (Wildman–Crippen LogP) is 1.47. The second kappa shape index (κ2) is 3.18. The number of sulfone groups is 1. The van der Waals surface area contributed by atoms with E-state index in [0.717, 1.165) is 11.1 Å². The lowest BCUT2D eigenvalue weighted by Crippen LogP contribution is -2.21. The van der Waals surface area contributed by atoms with Crippen molar-refractivity contribution >= 4 is 15.9 Å². The van der Waals surface area contributed by atoms with Crippen molar-refractivity contribution in [1.29, 1.82) is 0 Å². The van der Waals surface area contributed by atoms with Crippen LogP contribution in [0.2, 0.25) is 0 Å². The van der Waals surface area contributed by atoms with Crippen LogP contribution in [0.15, 0.2) is 28.0 Å². The number of nitrogens with two attached hydrogens (primary N) is 1. The molecule has 1 unspecified atom stereocenters. The van der Waals surface area contributed by atoms with Crippen molar-refractivity contribution in [2.24, 2.45) is 5.73 Å². The van der Waals surface area contributed by atoms with Crippen molar-refractivity contribution in [3.8, 4) is 0 Å². The van der Waals surface area contributed by atoms with Gasteiger partial charge in [-0.05, 0) is 31.6 Å². The summed E-state index contributed by atoms with van der Waals surface area (Å²) < 4.78 is 24.0. The maximum absolute atomic E-state index is 12.0. The van der Waals surface area contributed by atoms with Crippen molar-refractivity contribution in [2.75, 3.05) is 0 Å². The lowest BCUT2D eigenvalue weighted by Gasteiger charge is -2.06. The smallest absolute Gasteiger partial charge is 0.204 e. The lowest BCUT2D eigenvalue weighted by atomic mass is 10.1. The first-order valence-electron chi connectivity index (χ1n) is 4.76. The van der Waals surface area contributed by atoms with E-state index in [1.54, 1.807) is 25.1 Å². The molecular formula is C11H13NO2S. The van der Waals surface area contributed by atoms with E-state index in [4.69, 9.17) is 5.73 Å². The highest BCUT2D eigenvalue weighted by Gasteiger charge is 2.31. The van der Waals surface area contributed by atoms with Gasteiger partial charge in [0.25, 0.3) is 0 Å². The Bertz CT molecular complexity index is 542. The highest BCUT2D eigenvalue weighted by molar-refractivity contribution is 7.96. The molecule has 3 nitrogen and oxygen atoms in total. The Morgan fingerprint density at radius 3 is 2.60 bits per heavy atom. The van der Waals surface area contributed by atoms with Gasteiger partial charge in [0.15, 0.2) is 0 Å². The van der Waals surface area contributed by atoms with E-state index in [1.165, 1.54) is 0 Å². The lowest BCUT2D eigenvalue weighted by molar-refractivity contribution is 0.600. The zero-order chi connectivity index (χ0) is 11.2. The summed E-state index contributed by atoms with van der Waals surface area (Å²) in [5.41, 5.74) is 7.44. The molecule has 0 aromatic heterocycles. The predicted molar refractivity (Wildman–Crippen MR) is 60.0 cm³/mol. The van der Waals surface area contributed by atoms with Crippen LogP contribution >= 0.6 is 0 Å². The van der Waals surface area contributed by atoms with Crippen LogP contribution in [0, 0.1) is 6.92 Å². The molecule has 15 heavy (non-hydrogen) atoms. The van der Waals surface area contributed by atoms with Gasteiger partial charge >= 0.3 is 0 Å². The summed E-state index contributed by atoms with van der Waals surface area (Å²) in [6.45, 7) is 3.62. The molecule has 0 bridgehead atoms. The van der Waals surface area contributed by atoms with E-state index in [-0.39, 0.29) is 0 Å². The number of fused-ring (bicyclic) bond motifs is 1. The van der Waals surface area contributed by atoms with E-state index >= 15 is 0 Å². The molecular weight excluding hydrogens is 210 g/mol. The molecule has 0 spiro atoms. The van der Waals surface area contributed by atoms with Crippen LogP contribution in [0.4, 0.5) is 0 Å². The van der Waals surface area contributed by atoms with Gasteiger partial charge in [-0.15, -0.1) is 0 Å². The highest BCUT2D eigenvalue weighted by Crippen LogP contribution is 2.34. The normalized spacial score (nSPS) is 19.5. The van der Waals surface area contributed by atoms with Gasteiger partial charge in [-0.1, -0.05) is 17.7 Å². The molecule has 80 valence electrons. The highest BCUT2D eigenvalue weighted by atomic mass is 32.2. The monoisotopic (exact) mass is 223 g/mol. The Morgan fingerprint density at radius 1 is 1.33 bits per heavy atom. The fourth-order valence-electron chi connectivity index (χ4n) is 1.76. The molecule has 1 atom stereocenters. The Hall–Kier alpha value is -1.13. The Labute approximate surface area is 89.5 Å². The third kappa shape index (κ3) is 1.50. The third-order valence-electron chi connectivity index (χ3n) is 2.51. The SMILES string of the molecule is Cc1ccc2c(c1)C=C(C(C)N)S2(=O)=O. The standard InChI is InChI=1S/C11H13NO2S/c1-7-3-4-10-9(5-7)6-11(8(2)12)15(10,13)14/h3-6,8H,12H2,1-2H3. The van der Waals surface area contributed by atoms with Gasteiger partial charge in [-0.3, -0.25) is 0 Å². The molecule has 0 amide bonds. The largest absolute Gasteiger partial charge is 0.324 e. The Morgan fingerprint density at radius 2 is 2.00 bits per heavy atom. The maximum Gasteiger partial charge on any atom is 0.204 e. The van der Waals surface area contributed by atoms with Crippen molar-refractivity contribution in [1.82, 2.24) is 0 Å².